The first kappa shape index (κ1) is 20.6. The average molecular weight is 438 g/mol. The van der Waals surface area contributed by atoms with Crippen LogP contribution in [0.2, 0.25) is 0 Å². The zero-order valence-corrected chi connectivity index (χ0v) is 18.6. The predicted octanol–water partition coefficient (Wildman–Crippen LogP) is 4.33. The first-order valence-corrected chi connectivity index (χ1v) is 10.8. The van der Waals surface area contributed by atoms with Gasteiger partial charge in [-0.1, -0.05) is 42.5 Å². The van der Waals surface area contributed by atoms with Crippen molar-refractivity contribution in [3.8, 4) is 5.82 Å². The van der Waals surface area contributed by atoms with Crippen molar-refractivity contribution in [2.75, 3.05) is 4.90 Å². The highest BCUT2D eigenvalue weighted by Crippen LogP contribution is 2.30. The largest absolute Gasteiger partial charge is 0.339 e. The van der Waals surface area contributed by atoms with Crippen LogP contribution in [0.3, 0.4) is 0 Å². The minimum atomic E-state index is -0.324. The van der Waals surface area contributed by atoms with Crippen molar-refractivity contribution in [3.05, 3.63) is 95.0 Å². The van der Waals surface area contributed by atoms with Crippen LogP contribution >= 0.6 is 0 Å². The molecule has 0 N–H and O–H groups in total. The molecule has 3 heterocycles. The Morgan fingerprint density at radius 3 is 2.33 bits per heavy atom. The maximum absolute atomic E-state index is 14.1. The number of amides is 1. The maximum Gasteiger partial charge on any atom is 0.297 e. The van der Waals surface area contributed by atoms with Crippen LogP contribution in [-0.2, 0) is 7.05 Å². The number of aromatic nitrogens is 4. The molecule has 0 aliphatic carbocycles. The Labute approximate surface area is 190 Å². The van der Waals surface area contributed by atoms with E-state index in [0.717, 1.165) is 16.6 Å². The van der Waals surface area contributed by atoms with Crippen LogP contribution in [0.25, 0.3) is 27.6 Å². The van der Waals surface area contributed by atoms with E-state index in [0.29, 0.717) is 16.7 Å². The molecule has 5 aromatic rings. The first-order valence-electron chi connectivity index (χ1n) is 10.8. The van der Waals surface area contributed by atoms with Gasteiger partial charge in [-0.25, -0.2) is 4.98 Å². The molecule has 0 atom stereocenters. The van der Waals surface area contributed by atoms with E-state index in [1.54, 1.807) is 29.3 Å². The standard InChI is InChI=1S/C26H23N5O2/c1-17(2)30(18-11-5-4-6-12-18)25(32)23-22-19-13-7-8-14-20(19)29(3)24(22)26(33)31(28-23)21-15-9-10-16-27-21/h4-17H,1-3H3. The molecule has 7 nitrogen and oxygen atoms in total. The lowest BCUT2D eigenvalue weighted by atomic mass is 10.1. The van der Waals surface area contributed by atoms with Crippen molar-refractivity contribution in [1.29, 1.82) is 0 Å². The molecule has 0 saturated heterocycles. The SMILES string of the molecule is CC(C)N(C(=O)c1nn(-c2ccccn2)c(=O)c2c1c1ccccc1n2C)c1ccccc1. The first-order chi connectivity index (χ1) is 16.0. The normalized spacial score (nSPS) is 11.4. The van der Waals surface area contributed by atoms with Crippen molar-refractivity contribution in [2.24, 2.45) is 7.05 Å². The third-order valence-electron chi connectivity index (χ3n) is 5.78. The molecule has 2 aromatic carbocycles. The van der Waals surface area contributed by atoms with Crippen molar-refractivity contribution >= 4 is 33.4 Å². The van der Waals surface area contributed by atoms with Gasteiger partial charge in [-0.3, -0.25) is 9.59 Å². The number of hydrogen-bond donors (Lipinski definition) is 0. The van der Waals surface area contributed by atoms with Crippen LogP contribution in [-0.4, -0.2) is 31.3 Å². The molecule has 164 valence electrons. The fraction of sp³-hybridized carbons (Fsp3) is 0.154. The van der Waals surface area contributed by atoms with Gasteiger partial charge in [-0.15, -0.1) is 0 Å². The zero-order valence-electron chi connectivity index (χ0n) is 18.6. The molecule has 0 bridgehead atoms. The number of rotatable bonds is 4. The lowest BCUT2D eigenvalue weighted by molar-refractivity contribution is 0.0975. The number of aryl methyl sites for hydroxylation is 1. The van der Waals surface area contributed by atoms with Gasteiger partial charge >= 0.3 is 0 Å². The highest BCUT2D eigenvalue weighted by Gasteiger charge is 2.28. The summed E-state index contributed by atoms with van der Waals surface area (Å²) in [5, 5.41) is 5.97. The van der Waals surface area contributed by atoms with Crippen LogP contribution in [0.5, 0.6) is 0 Å². The molecule has 0 unspecified atom stereocenters. The number of carbonyl (C=O) groups is 1. The van der Waals surface area contributed by atoms with E-state index >= 15 is 0 Å². The Morgan fingerprint density at radius 2 is 1.64 bits per heavy atom. The Morgan fingerprint density at radius 1 is 0.939 bits per heavy atom. The fourth-order valence-corrected chi connectivity index (χ4v) is 4.32. The smallest absolute Gasteiger partial charge is 0.297 e. The number of para-hydroxylation sites is 2. The summed E-state index contributed by atoms with van der Waals surface area (Å²) in [6.45, 7) is 3.92. The van der Waals surface area contributed by atoms with E-state index in [9.17, 15) is 9.59 Å². The van der Waals surface area contributed by atoms with E-state index in [2.05, 4.69) is 10.1 Å². The van der Waals surface area contributed by atoms with Gasteiger partial charge in [0.2, 0.25) is 0 Å². The van der Waals surface area contributed by atoms with E-state index in [4.69, 9.17) is 0 Å². The molecular formula is C26H23N5O2. The van der Waals surface area contributed by atoms with Crippen LogP contribution in [0.4, 0.5) is 5.69 Å². The number of carbonyl (C=O) groups excluding carboxylic acids is 1. The van der Waals surface area contributed by atoms with Gasteiger partial charge in [0.15, 0.2) is 11.5 Å². The van der Waals surface area contributed by atoms with Gasteiger partial charge in [0, 0.05) is 41.3 Å². The average Bonchev–Trinajstić information content (AvgIpc) is 3.14. The molecule has 7 heteroatoms. The lowest BCUT2D eigenvalue weighted by Crippen LogP contribution is -2.39. The third-order valence-corrected chi connectivity index (χ3v) is 5.78. The van der Waals surface area contributed by atoms with Crippen LogP contribution in [0.1, 0.15) is 24.3 Å². The predicted molar refractivity (Wildman–Crippen MR) is 130 cm³/mol. The Kier molecular flexibility index (Phi) is 5.01. The minimum Gasteiger partial charge on any atom is -0.339 e. The lowest BCUT2D eigenvalue weighted by Gasteiger charge is -2.27. The number of fused-ring (bicyclic) bond motifs is 3. The molecule has 1 amide bonds. The van der Waals surface area contributed by atoms with E-state index < -0.39 is 0 Å². The second-order valence-electron chi connectivity index (χ2n) is 8.16. The molecular weight excluding hydrogens is 414 g/mol. The third kappa shape index (κ3) is 3.29. The molecule has 0 aliphatic rings. The highest BCUT2D eigenvalue weighted by molar-refractivity contribution is 6.20. The molecule has 0 spiro atoms. The summed E-state index contributed by atoms with van der Waals surface area (Å²) in [6, 6.07) is 22.3. The van der Waals surface area contributed by atoms with Crippen molar-refractivity contribution in [3.63, 3.8) is 0 Å². The molecule has 0 fully saturated rings. The number of benzene rings is 2. The van der Waals surface area contributed by atoms with E-state index in [1.807, 2.05) is 80.1 Å². The molecule has 0 saturated carbocycles. The Hall–Kier alpha value is -4.26. The van der Waals surface area contributed by atoms with Gasteiger partial charge in [-0.05, 0) is 44.2 Å². The monoisotopic (exact) mass is 437 g/mol. The topological polar surface area (TPSA) is 73.0 Å². The Balaban J connectivity index is 1.88. The van der Waals surface area contributed by atoms with E-state index in [-0.39, 0.29) is 23.2 Å². The number of nitrogens with zero attached hydrogens (tertiary/aromatic N) is 5. The molecule has 0 aliphatic heterocycles. The summed E-state index contributed by atoms with van der Waals surface area (Å²) in [6.07, 6.45) is 1.60. The van der Waals surface area contributed by atoms with Gasteiger partial charge in [0.05, 0.1) is 0 Å². The minimum absolute atomic E-state index is 0.123. The van der Waals surface area contributed by atoms with Gasteiger partial charge < -0.3 is 9.47 Å². The van der Waals surface area contributed by atoms with Gasteiger partial charge in [-0.2, -0.15) is 9.78 Å². The van der Waals surface area contributed by atoms with Crippen LogP contribution < -0.4 is 10.5 Å². The molecule has 33 heavy (non-hydrogen) atoms. The summed E-state index contributed by atoms with van der Waals surface area (Å²) in [4.78, 5) is 33.7. The van der Waals surface area contributed by atoms with Gasteiger partial charge in [0.25, 0.3) is 11.5 Å². The number of anilines is 1. The Bertz CT molecular complexity index is 1540. The highest BCUT2D eigenvalue weighted by atomic mass is 16.2. The summed E-state index contributed by atoms with van der Waals surface area (Å²) in [7, 11) is 1.83. The summed E-state index contributed by atoms with van der Waals surface area (Å²) >= 11 is 0. The summed E-state index contributed by atoms with van der Waals surface area (Å²) < 4.78 is 3.05. The van der Waals surface area contributed by atoms with Crippen LogP contribution in [0.15, 0.2) is 83.8 Å². The van der Waals surface area contributed by atoms with E-state index in [1.165, 1.54) is 4.68 Å². The fourth-order valence-electron chi connectivity index (χ4n) is 4.32. The van der Waals surface area contributed by atoms with Crippen molar-refractivity contribution < 1.29 is 4.79 Å². The molecule has 3 aromatic heterocycles. The quantitative estimate of drug-likeness (QED) is 0.420. The van der Waals surface area contributed by atoms with Gasteiger partial charge in [0.1, 0.15) is 5.52 Å². The maximum atomic E-state index is 14.1. The molecule has 0 radical (unpaired) electrons. The second-order valence-corrected chi connectivity index (χ2v) is 8.16. The van der Waals surface area contributed by atoms with Crippen molar-refractivity contribution in [2.45, 2.75) is 19.9 Å². The number of hydrogen-bond acceptors (Lipinski definition) is 4. The number of pyridine rings is 1. The summed E-state index contributed by atoms with van der Waals surface area (Å²) in [5.74, 6) is 0.0850. The zero-order chi connectivity index (χ0) is 23.1. The molecule has 5 rings (SSSR count). The second kappa shape index (κ2) is 8.02. The van der Waals surface area contributed by atoms with Crippen molar-refractivity contribution in [1.82, 2.24) is 19.3 Å². The summed E-state index contributed by atoms with van der Waals surface area (Å²) in [5.41, 5.74) is 1.93. The van der Waals surface area contributed by atoms with Crippen LogP contribution in [0, 0.1) is 0 Å².